The van der Waals surface area contributed by atoms with E-state index in [1.54, 1.807) is 28.4 Å². The molecule has 0 saturated carbocycles. The summed E-state index contributed by atoms with van der Waals surface area (Å²) in [7, 11) is 6.61. The molecule has 6 heteroatoms. The molecule has 0 heterocycles. The van der Waals surface area contributed by atoms with E-state index in [0.717, 1.165) is 12.8 Å². The standard InChI is InChI=1S/C56H57.2C4H10O2.Al.Li/c1-35-18-12-19-36(2)52(35)46-26-16-27-47(53-37(3)20-13-21-38(53)4)50(46)33-43-30-44(32-45(31-43)56(9,10)11)34-51-48(54-39(5)22-14-23-40(54)6)28-17-29-49(51)55-41(7)24-15-25-42(55)8;2*1-5-3-4-6-2;;/h12-29,31-32H,33-34H2,1-11H3;2*3-4H2,1-2H3;;/q;;;-1;+1. The van der Waals surface area contributed by atoms with Crippen LogP contribution in [0, 0.1) is 55.4 Å². The maximum atomic E-state index is 4.66. The van der Waals surface area contributed by atoms with E-state index >= 15 is 0 Å². The predicted octanol–water partition coefficient (Wildman–Crippen LogP) is 11.7. The van der Waals surface area contributed by atoms with Crippen molar-refractivity contribution in [2.24, 2.45) is 0 Å². The van der Waals surface area contributed by atoms with Gasteiger partial charge in [-0.1, -0.05) is 153 Å². The molecule has 0 aliphatic rings. The van der Waals surface area contributed by atoms with Gasteiger partial charge in [-0.15, -0.1) is 0 Å². The molecule has 0 spiro atoms. The molecule has 70 heavy (non-hydrogen) atoms. The first-order valence-corrected chi connectivity index (χ1v) is 24.9. The van der Waals surface area contributed by atoms with Crippen molar-refractivity contribution in [3.63, 3.8) is 0 Å². The zero-order chi connectivity index (χ0) is 50.4. The molecule has 0 saturated heterocycles. The van der Waals surface area contributed by atoms with Gasteiger partial charge in [0.15, 0.2) is 0 Å². The quantitative estimate of drug-likeness (QED) is 0.0804. The van der Waals surface area contributed by atoms with Gasteiger partial charge >= 0.3 is 18.9 Å². The smallest absolute Gasteiger partial charge is 0.524 e. The summed E-state index contributed by atoms with van der Waals surface area (Å²) >= 11 is 3.25. The molecule has 0 amide bonds. The summed E-state index contributed by atoms with van der Waals surface area (Å²) in [5.41, 5.74) is 28.0. The average Bonchev–Trinajstić information content (AvgIpc) is 3.30. The third kappa shape index (κ3) is 14.3. The van der Waals surface area contributed by atoms with Crippen LogP contribution in [0.2, 0.25) is 0 Å². The van der Waals surface area contributed by atoms with Gasteiger partial charge in [0, 0.05) is 28.4 Å². The van der Waals surface area contributed by atoms with E-state index in [0.29, 0.717) is 26.4 Å². The van der Waals surface area contributed by atoms with Crippen LogP contribution in [0.25, 0.3) is 44.5 Å². The van der Waals surface area contributed by atoms with Gasteiger partial charge in [-0.05, 0) is 179 Å². The Hall–Kier alpha value is -4.49. The Kier molecular flexibility index (Phi) is 22.7. The van der Waals surface area contributed by atoms with Gasteiger partial charge in [-0.3, -0.25) is 0 Å². The van der Waals surface area contributed by atoms with Gasteiger partial charge in [0.2, 0.25) is 0 Å². The molecule has 361 valence electrons. The van der Waals surface area contributed by atoms with Crippen molar-refractivity contribution in [3.05, 3.63) is 194 Å². The van der Waals surface area contributed by atoms with E-state index in [-0.39, 0.29) is 24.3 Å². The SMILES string of the molecule is COCCOC.COCCOC.Cc1cccc(C)c1-c1cccc(-c2c(C)cccc2C)c1Cc1cc(C(C)(C)C)cc(Cc2c(-c3c(C)cccc3C)cccc2-c2c(C)cccc2C)[c]1[Al-].[Li+]. The summed E-state index contributed by atoms with van der Waals surface area (Å²) in [5, 5.41) is 0. The van der Waals surface area contributed by atoms with Gasteiger partial charge in [0.1, 0.15) is 0 Å². The minimum atomic E-state index is -0.0367. The van der Waals surface area contributed by atoms with Crippen molar-refractivity contribution in [2.75, 3.05) is 54.9 Å². The Balaban J connectivity index is 0.000000730. The zero-order valence-corrected chi connectivity index (χ0v) is 46.7. The molecule has 7 aromatic carbocycles. The van der Waals surface area contributed by atoms with Crippen LogP contribution in [0.15, 0.2) is 121 Å². The average molecular weight is 944 g/mol. The summed E-state index contributed by atoms with van der Waals surface area (Å²) in [6.45, 7) is 27.9. The molecule has 3 radical (unpaired) electrons. The molecule has 0 aromatic heterocycles. The number of hydrogen-bond donors (Lipinski definition) is 0. The molecule has 7 rings (SSSR count). The first-order valence-electron chi connectivity index (χ1n) is 24.4. The molecular weight excluding hydrogens is 867 g/mol. The Bertz CT molecular complexity index is 2410. The van der Waals surface area contributed by atoms with Gasteiger partial charge < -0.3 is 39.7 Å². The molecule has 0 fully saturated rings. The Morgan fingerprint density at radius 3 is 0.786 bits per heavy atom. The van der Waals surface area contributed by atoms with Gasteiger partial charge in [-0.2, -0.15) is 0 Å². The summed E-state index contributed by atoms with van der Waals surface area (Å²) in [6, 6.07) is 45.8. The van der Waals surface area contributed by atoms with Crippen molar-refractivity contribution in [2.45, 2.75) is 94.4 Å². The van der Waals surface area contributed by atoms with Gasteiger partial charge in [0.05, 0.1) is 26.4 Å². The van der Waals surface area contributed by atoms with Gasteiger partial charge in [0.25, 0.3) is 0 Å². The molecule has 0 bridgehead atoms. The van der Waals surface area contributed by atoms with E-state index in [9.17, 15) is 0 Å². The second kappa shape index (κ2) is 27.4. The number of aryl methyl sites for hydroxylation is 8. The topological polar surface area (TPSA) is 36.9 Å². The predicted molar refractivity (Wildman–Crippen MR) is 296 cm³/mol. The maximum absolute atomic E-state index is 4.66. The zero-order valence-electron chi connectivity index (χ0n) is 45.5. The summed E-state index contributed by atoms with van der Waals surface area (Å²) in [6.07, 6.45) is 1.65. The van der Waals surface area contributed by atoms with Crippen LogP contribution in [-0.4, -0.2) is 71.2 Å². The van der Waals surface area contributed by atoms with Crippen molar-refractivity contribution in [1.29, 1.82) is 0 Å². The fraction of sp³-hybridized carbons (Fsp3) is 0.344. The van der Waals surface area contributed by atoms with Crippen LogP contribution in [0.3, 0.4) is 0 Å². The molecule has 0 N–H and O–H groups in total. The number of benzene rings is 7. The van der Waals surface area contributed by atoms with E-state index in [1.807, 2.05) is 0 Å². The second-order valence-electron chi connectivity index (χ2n) is 19.5. The summed E-state index contributed by atoms with van der Waals surface area (Å²) in [5.74, 6) is 0. The fourth-order valence-corrected chi connectivity index (χ4v) is 10.0. The largest absolute Gasteiger partial charge is 1.00 e. The molecule has 0 atom stereocenters. The van der Waals surface area contributed by atoms with Crippen molar-refractivity contribution >= 4 is 20.7 Å². The van der Waals surface area contributed by atoms with E-state index < -0.39 is 0 Å². The van der Waals surface area contributed by atoms with Crippen LogP contribution < -0.4 is 23.3 Å². The fourth-order valence-electron chi connectivity index (χ4n) is 9.67. The third-order valence-corrected chi connectivity index (χ3v) is 14.0. The van der Waals surface area contributed by atoms with Crippen LogP contribution in [0.5, 0.6) is 0 Å². The van der Waals surface area contributed by atoms with Crippen molar-refractivity contribution in [1.82, 2.24) is 0 Å². The Morgan fingerprint density at radius 1 is 0.371 bits per heavy atom. The maximum Gasteiger partial charge on any atom is 1.00 e. The molecule has 0 aliphatic heterocycles. The first-order chi connectivity index (χ1) is 33.0. The minimum Gasteiger partial charge on any atom is -0.524 e. The molecule has 0 unspecified atom stereocenters. The molecular formula is C64H77AlLiO4. The number of hydrogen-bond acceptors (Lipinski definition) is 4. The van der Waals surface area contributed by atoms with Crippen molar-refractivity contribution in [3.8, 4) is 44.5 Å². The molecule has 0 aliphatic carbocycles. The third-order valence-electron chi connectivity index (χ3n) is 13.3. The Morgan fingerprint density at radius 2 is 0.586 bits per heavy atom. The number of methoxy groups -OCH3 is 4. The number of rotatable bonds is 14. The van der Waals surface area contributed by atoms with Crippen LogP contribution in [0.1, 0.15) is 93.1 Å². The van der Waals surface area contributed by atoms with E-state index in [2.05, 4.69) is 233 Å². The van der Waals surface area contributed by atoms with Crippen LogP contribution in [-0.2, 0) is 37.2 Å². The van der Waals surface area contributed by atoms with E-state index in [4.69, 9.17) is 0 Å². The van der Waals surface area contributed by atoms with Crippen molar-refractivity contribution < 1.29 is 37.8 Å². The van der Waals surface area contributed by atoms with Crippen LogP contribution in [0.4, 0.5) is 0 Å². The molecule has 7 aromatic rings. The Labute approximate surface area is 443 Å². The second-order valence-corrected chi connectivity index (χ2v) is 20.1. The first kappa shape index (κ1) is 58.1. The minimum absolute atomic E-state index is 0. The summed E-state index contributed by atoms with van der Waals surface area (Å²) < 4.78 is 19.9. The van der Waals surface area contributed by atoms with Gasteiger partial charge in [-0.25, -0.2) is 0 Å². The monoisotopic (exact) mass is 944 g/mol. The van der Waals surface area contributed by atoms with E-state index in [1.165, 1.54) is 121 Å². The molecule has 4 nitrogen and oxygen atoms in total. The van der Waals surface area contributed by atoms with Crippen LogP contribution >= 0.6 is 0 Å². The normalized spacial score (nSPS) is 11.0. The number of ether oxygens (including phenoxy) is 4. The summed E-state index contributed by atoms with van der Waals surface area (Å²) in [4.78, 5) is 0.